The Balaban J connectivity index is 2.57. The van der Waals surface area contributed by atoms with Crippen molar-refractivity contribution in [3.63, 3.8) is 0 Å². The van der Waals surface area contributed by atoms with Gasteiger partial charge in [-0.1, -0.05) is 0 Å². The maximum absolute atomic E-state index is 10.6. The van der Waals surface area contributed by atoms with Crippen molar-refractivity contribution in [2.24, 2.45) is 0 Å². The van der Waals surface area contributed by atoms with Crippen LogP contribution in [-0.4, -0.2) is 28.8 Å². The Kier molecular flexibility index (Phi) is 4.72. The Hall–Kier alpha value is -0.430. The van der Waals surface area contributed by atoms with Crippen molar-refractivity contribution in [3.8, 4) is 0 Å². The maximum atomic E-state index is 10.6. The highest BCUT2D eigenvalue weighted by molar-refractivity contribution is 9.10. The van der Waals surface area contributed by atoms with E-state index in [0.717, 1.165) is 4.47 Å². The van der Waals surface area contributed by atoms with E-state index in [9.17, 15) is 15.0 Å². The molecule has 0 spiro atoms. The number of carbonyl (C=O) groups excluding carboxylic acids is 1. The molecule has 0 saturated carbocycles. The third-order valence-corrected chi connectivity index (χ3v) is 3.64. The lowest BCUT2D eigenvalue weighted by Crippen LogP contribution is -2.34. The SMILES string of the molecule is CC(=O)NCC(O)C(O)c1cscc1Br. The first-order valence-corrected chi connectivity index (χ1v) is 6.08. The molecule has 0 fully saturated rings. The lowest BCUT2D eigenvalue weighted by Gasteiger charge is -2.17. The molecule has 0 aliphatic heterocycles. The van der Waals surface area contributed by atoms with Crippen LogP contribution in [0.1, 0.15) is 18.6 Å². The Bertz CT molecular complexity index is 342. The first-order chi connectivity index (χ1) is 7.02. The van der Waals surface area contributed by atoms with Gasteiger partial charge in [0.2, 0.25) is 5.91 Å². The minimum atomic E-state index is -1.00. The molecular formula is C9H12BrNO3S. The molecule has 0 aliphatic carbocycles. The molecule has 6 heteroatoms. The van der Waals surface area contributed by atoms with Crippen LogP contribution < -0.4 is 5.32 Å². The fraction of sp³-hybridized carbons (Fsp3) is 0.444. The molecule has 1 aromatic heterocycles. The molecule has 0 aliphatic rings. The number of nitrogens with one attached hydrogen (secondary N) is 1. The van der Waals surface area contributed by atoms with E-state index in [1.54, 1.807) is 5.38 Å². The summed E-state index contributed by atoms with van der Waals surface area (Å²) in [5.74, 6) is -0.231. The van der Waals surface area contributed by atoms with Crippen LogP contribution in [0.15, 0.2) is 15.2 Å². The molecule has 0 radical (unpaired) electrons. The fourth-order valence-electron chi connectivity index (χ4n) is 1.07. The number of hydrogen-bond donors (Lipinski definition) is 3. The first kappa shape index (κ1) is 12.6. The highest BCUT2D eigenvalue weighted by Gasteiger charge is 2.21. The van der Waals surface area contributed by atoms with Crippen molar-refractivity contribution in [3.05, 3.63) is 20.8 Å². The summed E-state index contributed by atoms with van der Waals surface area (Å²) in [5, 5.41) is 25.4. The van der Waals surface area contributed by atoms with E-state index in [2.05, 4.69) is 21.2 Å². The molecule has 15 heavy (non-hydrogen) atoms. The van der Waals surface area contributed by atoms with Crippen LogP contribution in [0.2, 0.25) is 0 Å². The number of aliphatic hydroxyl groups excluding tert-OH is 2. The number of hydrogen-bond acceptors (Lipinski definition) is 4. The number of halogens is 1. The lowest BCUT2D eigenvalue weighted by molar-refractivity contribution is -0.119. The molecule has 1 rings (SSSR count). The highest BCUT2D eigenvalue weighted by atomic mass is 79.9. The second-order valence-corrected chi connectivity index (χ2v) is 4.72. The van der Waals surface area contributed by atoms with Crippen molar-refractivity contribution >= 4 is 33.2 Å². The molecule has 4 nitrogen and oxygen atoms in total. The van der Waals surface area contributed by atoms with Gasteiger partial charge in [-0.05, 0) is 21.3 Å². The third-order valence-electron chi connectivity index (χ3n) is 1.89. The monoisotopic (exact) mass is 293 g/mol. The van der Waals surface area contributed by atoms with Gasteiger partial charge in [0.05, 0.1) is 0 Å². The number of thiophene rings is 1. The molecule has 1 aromatic rings. The van der Waals surface area contributed by atoms with Gasteiger partial charge in [-0.3, -0.25) is 4.79 Å². The zero-order valence-corrected chi connectivity index (χ0v) is 10.5. The van der Waals surface area contributed by atoms with Gasteiger partial charge in [0.25, 0.3) is 0 Å². The van der Waals surface area contributed by atoms with Crippen molar-refractivity contribution < 1.29 is 15.0 Å². The standard InChI is InChI=1S/C9H12BrNO3S/c1-5(12)11-2-8(13)9(14)6-3-15-4-7(6)10/h3-4,8-9,13-14H,2H2,1H3,(H,11,12). The van der Waals surface area contributed by atoms with E-state index in [1.165, 1.54) is 18.3 Å². The first-order valence-electron chi connectivity index (χ1n) is 4.34. The van der Waals surface area contributed by atoms with Crippen LogP contribution in [-0.2, 0) is 4.79 Å². The molecule has 1 amide bonds. The van der Waals surface area contributed by atoms with Crippen molar-refractivity contribution in [2.45, 2.75) is 19.1 Å². The van der Waals surface area contributed by atoms with Gasteiger partial charge < -0.3 is 15.5 Å². The van der Waals surface area contributed by atoms with E-state index in [0.29, 0.717) is 5.56 Å². The summed E-state index contributed by atoms with van der Waals surface area (Å²) in [4.78, 5) is 10.6. The predicted octanol–water partition coefficient (Wildman–Crippen LogP) is 1.04. The molecule has 1 heterocycles. The van der Waals surface area contributed by atoms with Gasteiger partial charge in [-0.15, -0.1) is 0 Å². The topological polar surface area (TPSA) is 69.6 Å². The summed E-state index contributed by atoms with van der Waals surface area (Å²) in [6.07, 6.45) is -1.99. The van der Waals surface area contributed by atoms with E-state index >= 15 is 0 Å². The van der Waals surface area contributed by atoms with E-state index in [4.69, 9.17) is 0 Å². The van der Waals surface area contributed by atoms with Gasteiger partial charge in [-0.25, -0.2) is 0 Å². The molecule has 0 saturated heterocycles. The maximum Gasteiger partial charge on any atom is 0.216 e. The van der Waals surface area contributed by atoms with E-state index in [-0.39, 0.29) is 12.5 Å². The molecule has 3 N–H and O–H groups in total. The quantitative estimate of drug-likeness (QED) is 0.777. The molecule has 0 bridgehead atoms. The average molecular weight is 294 g/mol. The zero-order chi connectivity index (χ0) is 11.4. The van der Waals surface area contributed by atoms with Crippen molar-refractivity contribution in [2.75, 3.05) is 6.54 Å². The Labute approximate surface area is 100 Å². The lowest BCUT2D eigenvalue weighted by atomic mass is 10.1. The summed E-state index contributed by atoms with van der Waals surface area (Å²) in [5.41, 5.74) is 0.637. The zero-order valence-electron chi connectivity index (χ0n) is 8.11. The van der Waals surface area contributed by atoms with E-state index < -0.39 is 12.2 Å². The van der Waals surface area contributed by atoms with Gasteiger partial charge in [0.15, 0.2) is 0 Å². The van der Waals surface area contributed by atoms with Crippen LogP contribution >= 0.6 is 27.3 Å². The molecule has 0 aromatic carbocycles. The molecule has 84 valence electrons. The summed E-state index contributed by atoms with van der Waals surface area (Å²) in [6.45, 7) is 1.40. The minimum Gasteiger partial charge on any atom is -0.388 e. The van der Waals surface area contributed by atoms with E-state index in [1.807, 2.05) is 5.38 Å². The van der Waals surface area contributed by atoms with Gasteiger partial charge in [0, 0.05) is 28.9 Å². The van der Waals surface area contributed by atoms with Gasteiger partial charge in [-0.2, -0.15) is 11.3 Å². The number of rotatable bonds is 4. The average Bonchev–Trinajstić information content (AvgIpc) is 2.59. The number of carbonyl (C=O) groups is 1. The van der Waals surface area contributed by atoms with Gasteiger partial charge in [0.1, 0.15) is 12.2 Å². The number of amides is 1. The summed E-state index contributed by atoms with van der Waals surface area (Å²) >= 11 is 4.70. The van der Waals surface area contributed by atoms with Crippen LogP contribution in [0.3, 0.4) is 0 Å². The van der Waals surface area contributed by atoms with Crippen LogP contribution in [0.25, 0.3) is 0 Å². The van der Waals surface area contributed by atoms with Crippen LogP contribution in [0, 0.1) is 0 Å². The summed E-state index contributed by atoms with van der Waals surface area (Å²) in [7, 11) is 0. The smallest absolute Gasteiger partial charge is 0.216 e. The van der Waals surface area contributed by atoms with Crippen molar-refractivity contribution in [1.29, 1.82) is 0 Å². The predicted molar refractivity (Wildman–Crippen MR) is 61.7 cm³/mol. The van der Waals surface area contributed by atoms with Crippen LogP contribution in [0.5, 0.6) is 0 Å². The molecule has 2 unspecified atom stereocenters. The summed E-state index contributed by atoms with van der Waals surface area (Å²) in [6, 6.07) is 0. The van der Waals surface area contributed by atoms with Crippen LogP contribution in [0.4, 0.5) is 0 Å². The molecular weight excluding hydrogens is 282 g/mol. The third kappa shape index (κ3) is 3.57. The normalized spacial score (nSPS) is 14.7. The minimum absolute atomic E-state index is 0.0405. The largest absolute Gasteiger partial charge is 0.388 e. The second-order valence-electron chi connectivity index (χ2n) is 3.12. The fourth-order valence-corrected chi connectivity index (χ4v) is 2.63. The summed E-state index contributed by atoms with van der Waals surface area (Å²) < 4.78 is 0.766. The van der Waals surface area contributed by atoms with Crippen molar-refractivity contribution in [1.82, 2.24) is 5.32 Å². The highest BCUT2D eigenvalue weighted by Crippen LogP contribution is 2.28. The Morgan fingerprint density at radius 3 is 2.73 bits per heavy atom. The Morgan fingerprint density at radius 1 is 1.60 bits per heavy atom. The second kappa shape index (κ2) is 5.60. The Morgan fingerprint density at radius 2 is 2.27 bits per heavy atom. The van der Waals surface area contributed by atoms with Gasteiger partial charge >= 0.3 is 0 Å². The number of aliphatic hydroxyl groups is 2. The molecule has 2 atom stereocenters.